The highest BCUT2D eigenvalue weighted by Gasteiger charge is 2.36. The summed E-state index contributed by atoms with van der Waals surface area (Å²) in [7, 11) is 2.09. The maximum absolute atomic E-state index is 3.42. The lowest BCUT2D eigenvalue weighted by molar-refractivity contribution is 0.119. The van der Waals surface area contributed by atoms with E-state index in [0.717, 1.165) is 18.1 Å². The van der Waals surface area contributed by atoms with Crippen molar-refractivity contribution in [3.05, 3.63) is 0 Å². The van der Waals surface area contributed by atoms with Crippen molar-refractivity contribution in [2.24, 2.45) is 0 Å². The van der Waals surface area contributed by atoms with Crippen molar-refractivity contribution < 1.29 is 0 Å². The Balaban J connectivity index is 1.94. The van der Waals surface area contributed by atoms with E-state index >= 15 is 0 Å². The first-order valence-electron chi connectivity index (χ1n) is 5.26. The Morgan fingerprint density at radius 2 is 2.00 bits per heavy atom. The highest BCUT2D eigenvalue weighted by atomic mass is 15.2. The van der Waals surface area contributed by atoms with Gasteiger partial charge in [0.1, 0.15) is 0 Å². The summed E-state index contributed by atoms with van der Waals surface area (Å²) in [6.07, 6.45) is 5.63. The molecule has 2 unspecified atom stereocenters. The van der Waals surface area contributed by atoms with Crippen molar-refractivity contribution in [3.8, 4) is 0 Å². The minimum absolute atomic E-state index is 0.736. The quantitative estimate of drug-likeness (QED) is 0.667. The fraction of sp³-hybridized carbons (Fsp3) is 1.00. The average molecular weight is 168 g/mol. The first-order valence-corrected chi connectivity index (χ1v) is 5.26. The van der Waals surface area contributed by atoms with Crippen molar-refractivity contribution >= 4 is 0 Å². The van der Waals surface area contributed by atoms with Crippen LogP contribution < -0.4 is 5.32 Å². The first-order chi connectivity index (χ1) is 5.83. The number of likely N-dealkylation sites (N-methyl/N-ethyl adjacent to an activating group) is 1. The van der Waals surface area contributed by atoms with Crippen LogP contribution in [0.15, 0.2) is 0 Å². The first kappa shape index (κ1) is 8.52. The maximum atomic E-state index is 3.42. The molecule has 1 aliphatic heterocycles. The summed E-state index contributed by atoms with van der Waals surface area (Å²) < 4.78 is 0. The maximum Gasteiger partial charge on any atom is 0.0223 e. The van der Waals surface area contributed by atoms with Crippen molar-refractivity contribution in [1.82, 2.24) is 10.2 Å². The Labute approximate surface area is 75.3 Å². The molecule has 0 amide bonds. The molecular weight excluding hydrogens is 148 g/mol. The molecule has 2 nitrogen and oxygen atoms in total. The van der Waals surface area contributed by atoms with E-state index in [1.54, 1.807) is 0 Å². The van der Waals surface area contributed by atoms with Gasteiger partial charge in [-0.1, -0.05) is 0 Å². The van der Waals surface area contributed by atoms with Crippen LogP contribution in [0.5, 0.6) is 0 Å². The molecule has 1 N–H and O–H groups in total. The van der Waals surface area contributed by atoms with Gasteiger partial charge in [-0.05, 0) is 46.2 Å². The largest absolute Gasteiger partial charge is 0.315 e. The lowest BCUT2D eigenvalue weighted by atomic mass is 9.97. The molecule has 2 fully saturated rings. The van der Waals surface area contributed by atoms with Crippen LogP contribution in [-0.4, -0.2) is 36.6 Å². The van der Waals surface area contributed by atoms with Gasteiger partial charge >= 0.3 is 0 Å². The van der Waals surface area contributed by atoms with Gasteiger partial charge < -0.3 is 5.32 Å². The molecule has 0 radical (unpaired) electrons. The molecule has 2 rings (SSSR count). The van der Waals surface area contributed by atoms with E-state index < -0.39 is 0 Å². The number of hydrogen-bond donors (Lipinski definition) is 1. The summed E-state index contributed by atoms with van der Waals surface area (Å²) in [5.41, 5.74) is 0. The predicted octanol–water partition coefficient (Wildman–Crippen LogP) is 1.22. The fourth-order valence-electron chi connectivity index (χ4n) is 2.48. The Bertz CT molecular complexity index is 154. The third kappa shape index (κ3) is 1.50. The van der Waals surface area contributed by atoms with Gasteiger partial charge in [0.15, 0.2) is 0 Å². The summed E-state index contributed by atoms with van der Waals surface area (Å²) in [4.78, 5) is 2.70. The molecule has 1 saturated carbocycles. The molecule has 2 atom stereocenters. The smallest absolute Gasteiger partial charge is 0.0223 e. The zero-order valence-corrected chi connectivity index (χ0v) is 8.21. The number of rotatable bonds is 2. The van der Waals surface area contributed by atoms with Gasteiger partial charge in [-0.3, -0.25) is 4.90 Å². The van der Waals surface area contributed by atoms with E-state index in [9.17, 15) is 0 Å². The van der Waals surface area contributed by atoms with E-state index in [2.05, 4.69) is 24.2 Å². The number of nitrogens with one attached hydrogen (secondary N) is 1. The lowest BCUT2D eigenvalue weighted by Crippen LogP contribution is -2.52. The molecule has 2 aliphatic rings. The molecule has 1 aliphatic carbocycles. The number of likely N-dealkylation sites (tertiary alicyclic amines) is 1. The van der Waals surface area contributed by atoms with Gasteiger partial charge in [-0.2, -0.15) is 0 Å². The van der Waals surface area contributed by atoms with E-state index in [0.29, 0.717) is 0 Å². The standard InChI is InChI=1S/C10H20N2/c1-8-10(11-2)4-3-7-12(8)9-5-6-9/h8-11H,3-7H2,1-2H3. The van der Waals surface area contributed by atoms with Crippen molar-refractivity contribution in [3.63, 3.8) is 0 Å². The molecule has 1 saturated heterocycles. The summed E-state index contributed by atoms with van der Waals surface area (Å²) >= 11 is 0. The van der Waals surface area contributed by atoms with Crippen LogP contribution in [0.1, 0.15) is 32.6 Å². The van der Waals surface area contributed by atoms with Crippen LogP contribution in [0.3, 0.4) is 0 Å². The Morgan fingerprint density at radius 1 is 1.25 bits per heavy atom. The van der Waals surface area contributed by atoms with Gasteiger partial charge in [-0.25, -0.2) is 0 Å². The van der Waals surface area contributed by atoms with Crippen LogP contribution in [0.4, 0.5) is 0 Å². The molecule has 70 valence electrons. The highest BCUT2D eigenvalue weighted by Crippen LogP contribution is 2.32. The van der Waals surface area contributed by atoms with E-state index in [1.807, 2.05) is 0 Å². The lowest BCUT2D eigenvalue weighted by Gasteiger charge is -2.39. The third-order valence-corrected chi connectivity index (χ3v) is 3.42. The molecule has 0 aromatic heterocycles. The minimum atomic E-state index is 0.736. The Hall–Kier alpha value is -0.0800. The molecule has 0 bridgehead atoms. The van der Waals surface area contributed by atoms with Crippen molar-refractivity contribution in [1.29, 1.82) is 0 Å². The summed E-state index contributed by atoms with van der Waals surface area (Å²) in [6, 6.07) is 2.44. The van der Waals surface area contributed by atoms with Crippen molar-refractivity contribution in [2.75, 3.05) is 13.6 Å². The van der Waals surface area contributed by atoms with Crippen LogP contribution in [0.25, 0.3) is 0 Å². The molecule has 1 heterocycles. The molecule has 0 aromatic carbocycles. The highest BCUT2D eigenvalue weighted by molar-refractivity contribution is 4.94. The van der Waals surface area contributed by atoms with Gasteiger partial charge in [0.25, 0.3) is 0 Å². The monoisotopic (exact) mass is 168 g/mol. The Kier molecular flexibility index (Phi) is 2.37. The van der Waals surface area contributed by atoms with E-state index in [1.165, 1.54) is 32.2 Å². The SMILES string of the molecule is CNC1CCCN(C2CC2)C1C. The summed E-state index contributed by atoms with van der Waals surface area (Å²) in [6.45, 7) is 3.71. The average Bonchev–Trinajstić information content (AvgIpc) is 2.88. The van der Waals surface area contributed by atoms with Crippen molar-refractivity contribution in [2.45, 2.75) is 50.7 Å². The van der Waals surface area contributed by atoms with Crippen LogP contribution >= 0.6 is 0 Å². The van der Waals surface area contributed by atoms with E-state index in [-0.39, 0.29) is 0 Å². The second-order valence-electron chi connectivity index (χ2n) is 4.25. The molecular formula is C10H20N2. The van der Waals surface area contributed by atoms with Gasteiger partial charge in [-0.15, -0.1) is 0 Å². The van der Waals surface area contributed by atoms with Crippen LogP contribution in [0, 0.1) is 0 Å². The minimum Gasteiger partial charge on any atom is -0.315 e. The second-order valence-corrected chi connectivity index (χ2v) is 4.25. The zero-order valence-electron chi connectivity index (χ0n) is 8.21. The summed E-state index contributed by atoms with van der Waals surface area (Å²) in [5.74, 6) is 0. The van der Waals surface area contributed by atoms with Crippen LogP contribution in [-0.2, 0) is 0 Å². The van der Waals surface area contributed by atoms with Gasteiger partial charge in [0.2, 0.25) is 0 Å². The molecule has 0 aromatic rings. The number of hydrogen-bond acceptors (Lipinski definition) is 2. The number of piperidine rings is 1. The predicted molar refractivity (Wildman–Crippen MR) is 51.3 cm³/mol. The third-order valence-electron chi connectivity index (χ3n) is 3.42. The summed E-state index contributed by atoms with van der Waals surface area (Å²) in [5, 5.41) is 3.42. The zero-order chi connectivity index (χ0) is 8.55. The van der Waals surface area contributed by atoms with Gasteiger partial charge in [0, 0.05) is 18.1 Å². The Morgan fingerprint density at radius 3 is 2.58 bits per heavy atom. The fourth-order valence-corrected chi connectivity index (χ4v) is 2.48. The molecule has 0 spiro atoms. The van der Waals surface area contributed by atoms with E-state index in [4.69, 9.17) is 0 Å². The van der Waals surface area contributed by atoms with Gasteiger partial charge in [0.05, 0.1) is 0 Å². The second kappa shape index (κ2) is 3.35. The molecule has 2 heteroatoms. The van der Waals surface area contributed by atoms with Crippen LogP contribution in [0.2, 0.25) is 0 Å². The topological polar surface area (TPSA) is 15.3 Å². The molecule has 12 heavy (non-hydrogen) atoms. The normalized spacial score (nSPS) is 38.5. The number of nitrogens with zero attached hydrogens (tertiary/aromatic N) is 1.